The van der Waals surface area contributed by atoms with Crippen LogP contribution in [0.5, 0.6) is 0 Å². The lowest BCUT2D eigenvalue weighted by atomic mass is 9.89. The van der Waals surface area contributed by atoms with Crippen LogP contribution in [0.2, 0.25) is 5.02 Å². The largest absolute Gasteiger partial charge is 0.428 e. The molecule has 0 unspecified atom stereocenters. The topological polar surface area (TPSA) is 105 Å². The van der Waals surface area contributed by atoms with Gasteiger partial charge in [0, 0.05) is 23.6 Å². The molecule has 1 aromatic rings. The molecule has 1 aliphatic rings. The number of hydrogen-bond acceptors (Lipinski definition) is 6. The molecule has 0 aromatic heterocycles. The SMILES string of the molecule is O=C(NC[C@H](CP(O)O)c1ccc(Cl)cc1)OCOC(=O)C1CCCCC1. The minimum absolute atomic E-state index is 0.104. The Bertz CT molecular complexity index is 606. The highest BCUT2D eigenvalue weighted by Crippen LogP contribution is 2.32. The fourth-order valence-corrected chi connectivity index (χ4v) is 3.93. The number of rotatable bonds is 8. The predicted molar refractivity (Wildman–Crippen MR) is 102 cm³/mol. The summed E-state index contributed by atoms with van der Waals surface area (Å²) >= 11 is 5.86. The molecule has 0 saturated heterocycles. The Morgan fingerprint density at radius 2 is 1.81 bits per heavy atom. The van der Waals surface area contributed by atoms with Crippen LogP contribution in [0.4, 0.5) is 4.79 Å². The Balaban J connectivity index is 1.74. The van der Waals surface area contributed by atoms with Gasteiger partial charge in [-0.2, -0.15) is 0 Å². The first-order chi connectivity index (χ1) is 13.0. The number of esters is 1. The van der Waals surface area contributed by atoms with Gasteiger partial charge in [-0.15, -0.1) is 0 Å². The van der Waals surface area contributed by atoms with Gasteiger partial charge in [-0.1, -0.05) is 43.0 Å². The average Bonchev–Trinajstić information content (AvgIpc) is 2.66. The van der Waals surface area contributed by atoms with E-state index >= 15 is 0 Å². The van der Waals surface area contributed by atoms with E-state index < -0.39 is 21.3 Å². The van der Waals surface area contributed by atoms with Crippen molar-refractivity contribution >= 4 is 32.0 Å². The molecule has 1 aromatic carbocycles. The standard InChI is InChI=1S/C18H25ClNO6P/c19-16-8-6-13(7-9-16)15(11-27(23)24)10-20-18(22)26-12-25-17(21)14-4-2-1-3-5-14/h6-9,14-15,23-24H,1-5,10-12H2,(H,20,22)/t15-/m1/s1. The molecule has 1 aliphatic carbocycles. The molecule has 0 radical (unpaired) electrons. The third-order valence-electron chi connectivity index (χ3n) is 4.55. The molecule has 0 spiro atoms. The number of carbonyl (C=O) groups is 2. The first-order valence-corrected chi connectivity index (χ1v) is 10.7. The number of alkyl carbamates (subject to hydrolysis) is 1. The van der Waals surface area contributed by atoms with Crippen LogP contribution in [-0.2, 0) is 14.3 Å². The van der Waals surface area contributed by atoms with Gasteiger partial charge in [0.15, 0.2) is 8.38 Å². The van der Waals surface area contributed by atoms with Crippen LogP contribution >= 0.6 is 20.0 Å². The number of hydrogen-bond donors (Lipinski definition) is 3. The first kappa shape index (κ1) is 21.9. The minimum atomic E-state index is -2.12. The average molecular weight is 418 g/mol. The maximum atomic E-state index is 11.9. The summed E-state index contributed by atoms with van der Waals surface area (Å²) < 4.78 is 9.89. The van der Waals surface area contributed by atoms with E-state index in [4.69, 9.17) is 21.1 Å². The highest BCUT2D eigenvalue weighted by atomic mass is 35.5. The maximum absolute atomic E-state index is 11.9. The van der Waals surface area contributed by atoms with Crippen LogP contribution in [0.25, 0.3) is 0 Å². The molecule has 150 valence electrons. The second-order valence-electron chi connectivity index (χ2n) is 6.53. The van der Waals surface area contributed by atoms with E-state index in [0.717, 1.165) is 37.7 Å². The molecule has 0 heterocycles. The van der Waals surface area contributed by atoms with Crippen molar-refractivity contribution in [2.75, 3.05) is 19.5 Å². The highest BCUT2D eigenvalue weighted by Gasteiger charge is 2.23. The van der Waals surface area contributed by atoms with Crippen molar-refractivity contribution in [3.63, 3.8) is 0 Å². The van der Waals surface area contributed by atoms with Gasteiger partial charge < -0.3 is 24.6 Å². The fourth-order valence-electron chi connectivity index (χ4n) is 3.07. The van der Waals surface area contributed by atoms with Crippen LogP contribution in [-0.4, -0.2) is 41.3 Å². The Morgan fingerprint density at radius 3 is 2.44 bits per heavy atom. The van der Waals surface area contributed by atoms with Crippen molar-refractivity contribution in [1.29, 1.82) is 0 Å². The van der Waals surface area contributed by atoms with Gasteiger partial charge in [-0.25, -0.2) is 4.79 Å². The zero-order valence-electron chi connectivity index (χ0n) is 15.0. The molecule has 9 heteroatoms. The van der Waals surface area contributed by atoms with Gasteiger partial charge in [0.05, 0.1) is 5.92 Å². The summed E-state index contributed by atoms with van der Waals surface area (Å²) in [5.41, 5.74) is 0.819. The van der Waals surface area contributed by atoms with Gasteiger partial charge in [0.1, 0.15) is 0 Å². The second-order valence-corrected chi connectivity index (χ2v) is 8.08. The molecule has 0 bridgehead atoms. The van der Waals surface area contributed by atoms with Crippen LogP contribution in [0.1, 0.15) is 43.6 Å². The van der Waals surface area contributed by atoms with Gasteiger partial charge in [-0.3, -0.25) is 4.79 Å². The third kappa shape index (κ3) is 8.01. The van der Waals surface area contributed by atoms with E-state index in [1.54, 1.807) is 24.3 Å². The molecule has 1 saturated carbocycles. The number of nitrogens with one attached hydrogen (secondary N) is 1. The van der Waals surface area contributed by atoms with Crippen molar-refractivity contribution in [3.05, 3.63) is 34.9 Å². The zero-order chi connectivity index (χ0) is 19.6. The molecule has 1 amide bonds. The van der Waals surface area contributed by atoms with Crippen molar-refractivity contribution in [2.45, 2.75) is 38.0 Å². The molecular formula is C18H25ClNO6P. The lowest BCUT2D eigenvalue weighted by molar-refractivity contribution is -0.157. The summed E-state index contributed by atoms with van der Waals surface area (Å²) in [6.07, 6.45) is 4.19. The van der Waals surface area contributed by atoms with Gasteiger partial charge in [0.2, 0.25) is 6.79 Å². The number of halogens is 1. The molecular weight excluding hydrogens is 393 g/mol. The smallest absolute Gasteiger partial charge is 0.410 e. The van der Waals surface area contributed by atoms with E-state index in [2.05, 4.69) is 5.32 Å². The predicted octanol–water partition coefficient (Wildman–Crippen LogP) is 3.53. The quantitative estimate of drug-likeness (QED) is 0.339. The summed E-state index contributed by atoms with van der Waals surface area (Å²) in [5.74, 6) is -0.735. The Kier molecular flexibility index (Phi) is 9.28. The van der Waals surface area contributed by atoms with Gasteiger partial charge >= 0.3 is 12.1 Å². The molecule has 27 heavy (non-hydrogen) atoms. The normalized spacial score (nSPS) is 16.0. The number of carbonyl (C=O) groups excluding carboxylic acids is 2. The van der Waals surface area contributed by atoms with Gasteiger partial charge in [-0.05, 0) is 30.5 Å². The monoisotopic (exact) mass is 417 g/mol. The summed E-state index contributed by atoms with van der Waals surface area (Å²) in [6.45, 7) is -0.281. The fraction of sp³-hybridized carbons (Fsp3) is 0.556. The van der Waals surface area contributed by atoms with Crippen molar-refractivity contribution in [1.82, 2.24) is 5.32 Å². The Labute approximate surface area is 164 Å². The second kappa shape index (κ2) is 11.4. The first-order valence-electron chi connectivity index (χ1n) is 8.93. The number of ether oxygens (including phenoxy) is 2. The Hall–Kier alpha value is -1.40. The van der Waals surface area contributed by atoms with Crippen molar-refractivity contribution < 1.29 is 28.8 Å². The minimum Gasteiger partial charge on any atom is -0.428 e. The van der Waals surface area contributed by atoms with Crippen LogP contribution in [0.3, 0.4) is 0 Å². The van der Waals surface area contributed by atoms with Crippen LogP contribution in [0, 0.1) is 5.92 Å². The van der Waals surface area contributed by atoms with Crippen molar-refractivity contribution in [3.8, 4) is 0 Å². The molecule has 0 aliphatic heterocycles. The molecule has 1 fully saturated rings. The number of amides is 1. The summed E-state index contributed by atoms with van der Waals surface area (Å²) in [5, 5.41) is 3.13. The maximum Gasteiger partial charge on any atom is 0.410 e. The third-order valence-corrected chi connectivity index (χ3v) is 5.57. The van der Waals surface area contributed by atoms with E-state index in [0.29, 0.717) is 5.02 Å². The zero-order valence-corrected chi connectivity index (χ0v) is 16.6. The van der Waals surface area contributed by atoms with E-state index in [1.807, 2.05) is 0 Å². The van der Waals surface area contributed by atoms with Gasteiger partial charge in [0.25, 0.3) is 0 Å². The van der Waals surface area contributed by atoms with E-state index in [-0.39, 0.29) is 30.5 Å². The Morgan fingerprint density at radius 1 is 1.15 bits per heavy atom. The van der Waals surface area contributed by atoms with Crippen LogP contribution < -0.4 is 5.32 Å². The molecule has 3 N–H and O–H groups in total. The lowest BCUT2D eigenvalue weighted by Gasteiger charge is -2.20. The van der Waals surface area contributed by atoms with E-state index in [9.17, 15) is 19.4 Å². The van der Waals surface area contributed by atoms with E-state index in [1.165, 1.54) is 0 Å². The molecule has 7 nitrogen and oxygen atoms in total. The highest BCUT2D eigenvalue weighted by molar-refractivity contribution is 7.45. The molecule has 1 atom stereocenters. The summed E-state index contributed by atoms with van der Waals surface area (Å²) in [4.78, 5) is 42.3. The summed E-state index contributed by atoms with van der Waals surface area (Å²) in [7, 11) is -2.12. The molecule has 2 rings (SSSR count). The number of benzene rings is 1. The summed E-state index contributed by atoms with van der Waals surface area (Å²) in [6, 6.07) is 6.93. The lowest BCUT2D eigenvalue weighted by Crippen LogP contribution is -2.31. The van der Waals surface area contributed by atoms with Crippen LogP contribution in [0.15, 0.2) is 24.3 Å². The van der Waals surface area contributed by atoms with Crippen molar-refractivity contribution in [2.24, 2.45) is 5.92 Å².